The fraction of sp³-hybridized carbons (Fsp3) is 0.231. The largest absolute Gasteiger partial charge is 0.461 e. The molecule has 0 atom stereocenters. The SMILES string of the molecule is CCOC(=O)/C(=N\Nc1ccccc1)Sc1nncn1C. The van der Waals surface area contributed by atoms with Gasteiger partial charge in [0.15, 0.2) is 5.16 Å². The summed E-state index contributed by atoms with van der Waals surface area (Å²) in [6, 6.07) is 9.34. The number of aryl methyl sites for hydroxylation is 1. The van der Waals surface area contributed by atoms with Gasteiger partial charge >= 0.3 is 5.97 Å². The summed E-state index contributed by atoms with van der Waals surface area (Å²) in [4.78, 5) is 11.9. The van der Waals surface area contributed by atoms with E-state index in [4.69, 9.17) is 4.74 Å². The Morgan fingerprint density at radius 2 is 2.19 bits per heavy atom. The van der Waals surface area contributed by atoms with Gasteiger partial charge in [0.1, 0.15) is 6.33 Å². The zero-order valence-electron chi connectivity index (χ0n) is 11.7. The number of nitrogens with zero attached hydrogens (tertiary/aromatic N) is 4. The lowest BCUT2D eigenvalue weighted by atomic mass is 10.3. The van der Waals surface area contributed by atoms with Crippen LogP contribution in [0.2, 0.25) is 0 Å². The molecule has 1 N–H and O–H groups in total. The molecular formula is C13H15N5O2S. The molecule has 2 rings (SSSR count). The topological polar surface area (TPSA) is 81.4 Å². The number of hydrogen-bond donors (Lipinski definition) is 1. The Balaban J connectivity index is 2.15. The lowest BCUT2D eigenvalue weighted by Crippen LogP contribution is -2.16. The highest BCUT2D eigenvalue weighted by Gasteiger charge is 2.17. The summed E-state index contributed by atoms with van der Waals surface area (Å²) >= 11 is 1.09. The summed E-state index contributed by atoms with van der Waals surface area (Å²) in [5.41, 5.74) is 3.60. The Morgan fingerprint density at radius 3 is 2.81 bits per heavy atom. The Kier molecular flexibility index (Phi) is 5.33. The molecule has 0 aliphatic heterocycles. The van der Waals surface area contributed by atoms with Gasteiger partial charge in [-0.15, -0.1) is 10.2 Å². The Hall–Kier alpha value is -2.35. The summed E-state index contributed by atoms with van der Waals surface area (Å²) in [6.07, 6.45) is 1.55. The van der Waals surface area contributed by atoms with E-state index in [1.165, 1.54) is 0 Å². The molecule has 0 aliphatic rings. The van der Waals surface area contributed by atoms with Crippen molar-refractivity contribution < 1.29 is 9.53 Å². The first-order valence-corrected chi connectivity index (χ1v) is 7.10. The average Bonchev–Trinajstić information content (AvgIpc) is 2.90. The zero-order chi connectivity index (χ0) is 15.1. The van der Waals surface area contributed by atoms with Crippen LogP contribution in [0.1, 0.15) is 6.92 Å². The highest BCUT2D eigenvalue weighted by atomic mass is 32.2. The molecule has 7 nitrogen and oxygen atoms in total. The van der Waals surface area contributed by atoms with E-state index in [0.717, 1.165) is 17.4 Å². The second-order valence-electron chi connectivity index (χ2n) is 3.94. The van der Waals surface area contributed by atoms with Crippen LogP contribution in [0.25, 0.3) is 0 Å². The van der Waals surface area contributed by atoms with Gasteiger partial charge in [-0.2, -0.15) is 5.10 Å². The third-order valence-corrected chi connectivity index (χ3v) is 3.37. The molecule has 8 heteroatoms. The molecule has 0 saturated carbocycles. The van der Waals surface area contributed by atoms with Gasteiger partial charge in [0.25, 0.3) is 0 Å². The number of ether oxygens (including phenoxy) is 1. The van der Waals surface area contributed by atoms with Crippen molar-refractivity contribution in [2.24, 2.45) is 12.1 Å². The number of hydrazone groups is 1. The Bertz CT molecular complexity index is 627. The molecule has 0 radical (unpaired) electrons. The number of thioether (sulfide) groups is 1. The third-order valence-electron chi connectivity index (χ3n) is 2.37. The number of esters is 1. The summed E-state index contributed by atoms with van der Waals surface area (Å²) in [7, 11) is 1.79. The van der Waals surface area contributed by atoms with E-state index in [-0.39, 0.29) is 11.7 Å². The van der Waals surface area contributed by atoms with Crippen LogP contribution in [0.4, 0.5) is 5.69 Å². The number of anilines is 1. The van der Waals surface area contributed by atoms with Crippen LogP contribution in [0, 0.1) is 0 Å². The van der Waals surface area contributed by atoms with Crippen LogP contribution < -0.4 is 5.43 Å². The van der Waals surface area contributed by atoms with E-state index < -0.39 is 5.97 Å². The van der Waals surface area contributed by atoms with Crippen molar-refractivity contribution in [3.63, 3.8) is 0 Å². The van der Waals surface area contributed by atoms with Gasteiger partial charge in [-0.05, 0) is 30.8 Å². The Morgan fingerprint density at radius 1 is 1.43 bits per heavy atom. The number of hydrogen-bond acceptors (Lipinski definition) is 7. The molecule has 2 aromatic rings. The number of carbonyl (C=O) groups excluding carboxylic acids is 1. The van der Waals surface area contributed by atoms with Gasteiger partial charge < -0.3 is 9.30 Å². The fourth-order valence-corrected chi connectivity index (χ4v) is 2.07. The van der Waals surface area contributed by atoms with Crippen LogP contribution >= 0.6 is 11.8 Å². The van der Waals surface area contributed by atoms with E-state index in [0.29, 0.717) is 5.16 Å². The van der Waals surface area contributed by atoms with E-state index in [2.05, 4.69) is 20.7 Å². The molecule has 1 aromatic carbocycles. The molecule has 0 fully saturated rings. The number of nitrogens with one attached hydrogen (secondary N) is 1. The monoisotopic (exact) mass is 305 g/mol. The first-order chi connectivity index (χ1) is 10.2. The molecule has 0 spiro atoms. The lowest BCUT2D eigenvalue weighted by Gasteiger charge is -2.06. The fourth-order valence-electron chi connectivity index (χ4n) is 1.38. The first-order valence-electron chi connectivity index (χ1n) is 6.28. The summed E-state index contributed by atoms with van der Waals surface area (Å²) in [6.45, 7) is 2.02. The minimum absolute atomic E-state index is 0.164. The minimum atomic E-state index is -0.506. The Labute approximate surface area is 126 Å². The van der Waals surface area contributed by atoms with Crippen LogP contribution in [0.5, 0.6) is 0 Å². The molecule has 0 bridgehead atoms. The first kappa shape index (κ1) is 15.0. The van der Waals surface area contributed by atoms with Gasteiger partial charge in [-0.3, -0.25) is 5.43 Å². The third kappa shape index (κ3) is 4.32. The second-order valence-corrected chi connectivity index (χ2v) is 4.90. The molecule has 110 valence electrons. The number of benzene rings is 1. The maximum atomic E-state index is 11.9. The quantitative estimate of drug-likeness (QED) is 0.305. The molecule has 0 aliphatic carbocycles. The summed E-state index contributed by atoms with van der Waals surface area (Å²) in [5, 5.41) is 12.5. The summed E-state index contributed by atoms with van der Waals surface area (Å²) < 4.78 is 6.69. The smallest absolute Gasteiger partial charge is 0.365 e. The van der Waals surface area contributed by atoms with E-state index in [9.17, 15) is 4.79 Å². The van der Waals surface area contributed by atoms with Gasteiger partial charge in [-0.1, -0.05) is 18.2 Å². The molecule has 1 heterocycles. The highest BCUT2D eigenvalue weighted by Crippen LogP contribution is 2.17. The molecule has 0 amide bonds. The van der Waals surface area contributed by atoms with Gasteiger partial charge in [-0.25, -0.2) is 4.79 Å². The zero-order valence-corrected chi connectivity index (χ0v) is 12.5. The molecule has 0 saturated heterocycles. The molecule has 21 heavy (non-hydrogen) atoms. The predicted molar refractivity (Wildman–Crippen MR) is 81.0 cm³/mol. The number of aromatic nitrogens is 3. The van der Waals surface area contributed by atoms with Crippen molar-refractivity contribution in [1.82, 2.24) is 14.8 Å². The van der Waals surface area contributed by atoms with Crippen molar-refractivity contribution in [2.75, 3.05) is 12.0 Å². The maximum Gasteiger partial charge on any atom is 0.365 e. The van der Waals surface area contributed by atoms with Crippen LogP contribution in [-0.4, -0.2) is 32.4 Å². The van der Waals surface area contributed by atoms with Crippen LogP contribution in [0.3, 0.4) is 0 Å². The van der Waals surface area contributed by atoms with E-state index >= 15 is 0 Å². The van der Waals surface area contributed by atoms with Gasteiger partial charge in [0.05, 0.1) is 12.3 Å². The van der Waals surface area contributed by atoms with Crippen molar-refractivity contribution in [3.05, 3.63) is 36.7 Å². The van der Waals surface area contributed by atoms with Crippen LogP contribution in [-0.2, 0) is 16.6 Å². The number of rotatable bonds is 4. The normalized spacial score (nSPS) is 11.2. The van der Waals surface area contributed by atoms with Crippen molar-refractivity contribution >= 4 is 28.5 Å². The molecule has 1 aromatic heterocycles. The number of carbonyl (C=O) groups is 1. The maximum absolute atomic E-state index is 11.9. The standard InChI is InChI=1S/C13H15N5O2S/c1-3-20-12(19)11(21-13-17-14-9-18(13)2)16-15-10-7-5-4-6-8-10/h4-9,15H,3H2,1-2H3/b16-11+. The van der Waals surface area contributed by atoms with E-state index in [1.807, 2.05) is 30.3 Å². The van der Waals surface area contributed by atoms with Crippen molar-refractivity contribution in [3.8, 4) is 0 Å². The minimum Gasteiger partial charge on any atom is -0.461 e. The van der Waals surface area contributed by atoms with E-state index in [1.54, 1.807) is 24.9 Å². The highest BCUT2D eigenvalue weighted by molar-refractivity contribution is 8.15. The van der Waals surface area contributed by atoms with Crippen LogP contribution in [0.15, 0.2) is 46.9 Å². The van der Waals surface area contributed by atoms with Crippen molar-refractivity contribution in [1.29, 1.82) is 0 Å². The van der Waals surface area contributed by atoms with Crippen molar-refractivity contribution in [2.45, 2.75) is 12.1 Å². The lowest BCUT2D eigenvalue weighted by molar-refractivity contribution is -0.134. The molecular weight excluding hydrogens is 290 g/mol. The molecule has 0 unspecified atom stereocenters. The van der Waals surface area contributed by atoms with Gasteiger partial charge in [0.2, 0.25) is 5.04 Å². The average molecular weight is 305 g/mol. The summed E-state index contributed by atoms with van der Waals surface area (Å²) in [5.74, 6) is -0.506. The van der Waals surface area contributed by atoms with Gasteiger partial charge in [0, 0.05) is 7.05 Å². The second kappa shape index (κ2) is 7.44. The number of para-hydroxylation sites is 1. The predicted octanol–water partition coefficient (Wildman–Crippen LogP) is 1.90.